The second kappa shape index (κ2) is 13.5. The van der Waals surface area contributed by atoms with Crippen molar-refractivity contribution in [2.75, 3.05) is 19.5 Å². The number of carbonyl (C=O) groups is 2. The molecule has 142 valence electrons. The molecule has 2 aromatic rings. The summed E-state index contributed by atoms with van der Waals surface area (Å²) in [5, 5.41) is 2.82. The summed E-state index contributed by atoms with van der Waals surface area (Å²) >= 11 is 0. The Morgan fingerprint density at radius 3 is 2.15 bits per heavy atom. The number of rotatable bonds is 2. The zero-order valence-electron chi connectivity index (χ0n) is 15.7. The van der Waals surface area contributed by atoms with Crippen LogP contribution in [-0.4, -0.2) is 32.7 Å². The van der Waals surface area contributed by atoms with Gasteiger partial charge >= 0.3 is 0 Å². The van der Waals surface area contributed by atoms with Gasteiger partial charge in [-0.2, -0.15) is 4.39 Å². The molecule has 26 heavy (non-hydrogen) atoms. The molecule has 5 nitrogen and oxygen atoms in total. The second-order valence-electron chi connectivity index (χ2n) is 5.37. The molecule has 0 amide bonds. The van der Waals surface area contributed by atoms with Crippen molar-refractivity contribution in [3.05, 3.63) is 53.1 Å². The normalized spacial score (nSPS) is 11.1. The first-order valence-electron chi connectivity index (χ1n) is 8.18. The molecule has 1 aromatic carbocycles. The fourth-order valence-electron chi connectivity index (χ4n) is 2.73. The van der Waals surface area contributed by atoms with Gasteiger partial charge < -0.3 is 19.6 Å². The summed E-state index contributed by atoms with van der Waals surface area (Å²) in [7, 11) is 3.52. The number of aryl methyl sites for hydroxylation is 1. The Morgan fingerprint density at radius 2 is 1.65 bits per heavy atom. The molecular weight excluding hydrogens is 335 g/mol. The summed E-state index contributed by atoms with van der Waals surface area (Å²) in [6.07, 6.45) is 6.52. The Kier molecular flexibility index (Phi) is 12.1. The van der Waals surface area contributed by atoms with Crippen LogP contribution in [-0.2, 0) is 22.4 Å². The molecule has 3 rings (SSSR count). The molecule has 0 fully saturated rings. The second-order valence-corrected chi connectivity index (χ2v) is 5.37. The predicted molar refractivity (Wildman–Crippen MR) is 102 cm³/mol. The summed E-state index contributed by atoms with van der Waals surface area (Å²) in [5.74, 6) is 0.634. The first-order chi connectivity index (χ1) is 12.7. The van der Waals surface area contributed by atoms with Gasteiger partial charge in [0.2, 0.25) is 5.95 Å². The lowest BCUT2D eigenvalue weighted by Gasteiger charge is -2.20. The highest BCUT2D eigenvalue weighted by Crippen LogP contribution is 2.31. The predicted octanol–water partition coefficient (Wildman–Crippen LogP) is 3.78. The largest absolute Gasteiger partial charge is 0.496 e. The maximum absolute atomic E-state index is 12.1. The van der Waals surface area contributed by atoms with Crippen molar-refractivity contribution in [1.82, 2.24) is 4.98 Å². The zero-order valence-corrected chi connectivity index (χ0v) is 15.7. The van der Waals surface area contributed by atoms with Crippen LogP contribution < -0.4 is 10.1 Å². The molecule has 1 heterocycles. The van der Waals surface area contributed by atoms with Crippen molar-refractivity contribution < 1.29 is 18.7 Å². The van der Waals surface area contributed by atoms with E-state index >= 15 is 0 Å². The van der Waals surface area contributed by atoms with Crippen LogP contribution >= 0.6 is 0 Å². The first kappa shape index (κ1) is 23.2. The molecule has 0 atom stereocenters. The van der Waals surface area contributed by atoms with Gasteiger partial charge in [0, 0.05) is 7.05 Å². The molecule has 1 aromatic heterocycles. The molecule has 1 aliphatic rings. The maximum atomic E-state index is 12.1. The molecule has 0 spiro atoms. The van der Waals surface area contributed by atoms with Gasteiger partial charge in [-0.3, -0.25) is 0 Å². The summed E-state index contributed by atoms with van der Waals surface area (Å²) in [4.78, 5) is 19.4. The molecule has 0 bridgehead atoms. The topological polar surface area (TPSA) is 68.3 Å². The molecular formula is C20H27FN2O3. The maximum Gasteiger partial charge on any atom is 0.212 e. The number of fused-ring (bicyclic) bond motifs is 1. The number of carbonyl (C=O) groups excluding carboxylic acids is 2. The van der Waals surface area contributed by atoms with Gasteiger partial charge in [-0.25, -0.2) is 4.98 Å². The van der Waals surface area contributed by atoms with Crippen molar-refractivity contribution in [3.8, 4) is 5.75 Å². The van der Waals surface area contributed by atoms with Crippen LogP contribution in [0.4, 0.5) is 10.1 Å². The van der Waals surface area contributed by atoms with Crippen LogP contribution in [0.5, 0.6) is 5.75 Å². The average Bonchev–Trinajstić information content (AvgIpc) is 2.73. The molecule has 0 aliphatic heterocycles. The highest BCUT2D eigenvalue weighted by Gasteiger charge is 2.15. The fraction of sp³-hybridized carbons (Fsp3) is 0.350. The van der Waals surface area contributed by atoms with Gasteiger partial charge in [0.15, 0.2) is 0 Å². The SMILES string of the molecule is C=O.C=O.CNc1ccc(F)nc1.COc1ccc(C)c2c1CCCC2. The van der Waals surface area contributed by atoms with Crippen molar-refractivity contribution in [2.24, 2.45) is 0 Å². The van der Waals surface area contributed by atoms with E-state index in [0.717, 1.165) is 11.4 Å². The van der Waals surface area contributed by atoms with Crippen LogP contribution in [0.1, 0.15) is 29.5 Å². The molecule has 1 N–H and O–H groups in total. The average molecular weight is 362 g/mol. The highest BCUT2D eigenvalue weighted by molar-refractivity contribution is 5.46. The number of anilines is 1. The number of pyridine rings is 1. The number of aromatic nitrogens is 1. The van der Waals surface area contributed by atoms with E-state index in [0.29, 0.717) is 0 Å². The Bertz CT molecular complexity index is 646. The van der Waals surface area contributed by atoms with Crippen LogP contribution in [0.2, 0.25) is 0 Å². The molecule has 0 saturated carbocycles. The standard InChI is InChI=1S/C12H16O.C6H7FN2.2CH2O/c1-9-7-8-12(13-2)11-6-4-3-5-10(9)11;1-8-5-2-3-6(7)9-4-5;2*1-2/h7-8H,3-6H2,1-2H3;2-4,8H,1H3;2*1H2. The van der Waals surface area contributed by atoms with Gasteiger partial charge in [-0.15, -0.1) is 0 Å². The molecule has 0 radical (unpaired) electrons. The smallest absolute Gasteiger partial charge is 0.212 e. The lowest BCUT2D eigenvalue weighted by molar-refractivity contribution is -0.0987. The van der Waals surface area contributed by atoms with E-state index in [4.69, 9.17) is 14.3 Å². The Balaban J connectivity index is 0.000000422. The Morgan fingerprint density at radius 1 is 1.04 bits per heavy atom. The highest BCUT2D eigenvalue weighted by atomic mass is 19.1. The number of ether oxygens (including phenoxy) is 1. The van der Waals surface area contributed by atoms with E-state index < -0.39 is 5.95 Å². The van der Waals surface area contributed by atoms with Gasteiger partial charge in [0.05, 0.1) is 19.0 Å². The molecule has 1 aliphatic carbocycles. The number of hydrogen-bond acceptors (Lipinski definition) is 5. The third kappa shape index (κ3) is 7.01. The monoisotopic (exact) mass is 362 g/mol. The van der Waals surface area contributed by atoms with Crippen LogP contribution in [0.15, 0.2) is 30.5 Å². The molecule has 0 saturated heterocycles. The van der Waals surface area contributed by atoms with E-state index in [1.807, 2.05) is 13.6 Å². The van der Waals surface area contributed by atoms with Gasteiger partial charge in [0.1, 0.15) is 19.3 Å². The van der Waals surface area contributed by atoms with Crippen molar-refractivity contribution in [1.29, 1.82) is 0 Å². The third-order valence-electron chi connectivity index (χ3n) is 3.96. The van der Waals surface area contributed by atoms with E-state index in [1.54, 1.807) is 20.2 Å². The Hall–Kier alpha value is -2.76. The summed E-state index contributed by atoms with van der Waals surface area (Å²) in [6, 6.07) is 7.20. The molecule has 0 unspecified atom stereocenters. The number of nitrogens with zero attached hydrogens (tertiary/aromatic N) is 1. The van der Waals surface area contributed by atoms with E-state index in [9.17, 15) is 4.39 Å². The minimum Gasteiger partial charge on any atom is -0.496 e. The molecule has 6 heteroatoms. The Labute approximate surface area is 154 Å². The quantitative estimate of drug-likeness (QED) is 0.824. The lowest BCUT2D eigenvalue weighted by Crippen LogP contribution is -2.06. The summed E-state index contributed by atoms with van der Waals surface area (Å²) < 4.78 is 17.5. The van der Waals surface area contributed by atoms with E-state index in [1.165, 1.54) is 54.6 Å². The van der Waals surface area contributed by atoms with Crippen molar-refractivity contribution >= 4 is 19.3 Å². The van der Waals surface area contributed by atoms with Crippen molar-refractivity contribution in [3.63, 3.8) is 0 Å². The number of hydrogen-bond donors (Lipinski definition) is 1. The number of benzene rings is 1. The third-order valence-corrected chi connectivity index (χ3v) is 3.96. The lowest BCUT2D eigenvalue weighted by atomic mass is 9.88. The minimum absolute atomic E-state index is 0.450. The fourth-order valence-corrected chi connectivity index (χ4v) is 2.73. The number of methoxy groups -OCH3 is 1. The minimum atomic E-state index is -0.450. The van der Waals surface area contributed by atoms with Crippen molar-refractivity contribution in [2.45, 2.75) is 32.6 Å². The number of nitrogens with one attached hydrogen (secondary N) is 1. The van der Waals surface area contributed by atoms with E-state index in [-0.39, 0.29) is 0 Å². The van der Waals surface area contributed by atoms with Crippen LogP contribution in [0.3, 0.4) is 0 Å². The van der Waals surface area contributed by atoms with Gasteiger partial charge in [-0.1, -0.05) is 6.07 Å². The number of halogens is 1. The zero-order chi connectivity index (χ0) is 19.9. The summed E-state index contributed by atoms with van der Waals surface area (Å²) in [5.41, 5.74) is 5.23. The van der Waals surface area contributed by atoms with E-state index in [2.05, 4.69) is 29.4 Å². The van der Waals surface area contributed by atoms with Gasteiger partial charge in [-0.05, 0) is 67.5 Å². The van der Waals surface area contributed by atoms with Gasteiger partial charge in [0.25, 0.3) is 0 Å². The first-order valence-corrected chi connectivity index (χ1v) is 8.18. The summed E-state index contributed by atoms with van der Waals surface area (Å²) in [6.45, 7) is 6.20. The van der Waals surface area contributed by atoms with Crippen LogP contribution in [0.25, 0.3) is 0 Å². The van der Waals surface area contributed by atoms with Crippen LogP contribution in [0, 0.1) is 12.9 Å².